The minimum Gasteiger partial charge on any atom is -0.449 e. The van der Waals surface area contributed by atoms with E-state index in [4.69, 9.17) is 9.57 Å². The number of esters is 1. The second-order valence-electron chi connectivity index (χ2n) is 6.54. The van der Waals surface area contributed by atoms with Crippen molar-refractivity contribution in [2.45, 2.75) is 24.3 Å². The molecule has 29 heavy (non-hydrogen) atoms. The number of carbonyl (C=O) groups is 2. The summed E-state index contributed by atoms with van der Waals surface area (Å²) in [6, 6.07) is 13.0. The molecule has 9 heteroatoms. The van der Waals surface area contributed by atoms with Gasteiger partial charge in [0.05, 0.1) is 17.6 Å². The van der Waals surface area contributed by atoms with E-state index in [-0.39, 0.29) is 16.4 Å². The van der Waals surface area contributed by atoms with Gasteiger partial charge < -0.3 is 9.64 Å². The summed E-state index contributed by atoms with van der Waals surface area (Å²) in [6.45, 7) is 2.03. The summed E-state index contributed by atoms with van der Waals surface area (Å²) in [5, 5.41) is 0. The molecule has 1 unspecified atom stereocenters. The van der Waals surface area contributed by atoms with E-state index in [9.17, 15) is 18.0 Å². The number of hydroxylamine groups is 1. The quantitative estimate of drug-likeness (QED) is 0.526. The highest BCUT2D eigenvalue weighted by molar-refractivity contribution is 7.89. The molecule has 0 fully saturated rings. The number of sulfonamides is 1. The van der Waals surface area contributed by atoms with Gasteiger partial charge in [0.2, 0.25) is 0 Å². The van der Waals surface area contributed by atoms with Crippen molar-refractivity contribution in [3.05, 3.63) is 59.7 Å². The van der Waals surface area contributed by atoms with Gasteiger partial charge in [-0.2, -0.15) is 0 Å². The second kappa shape index (κ2) is 8.32. The lowest BCUT2D eigenvalue weighted by molar-refractivity contribution is -0.126. The Labute approximate surface area is 169 Å². The van der Waals surface area contributed by atoms with Crippen LogP contribution in [0.5, 0.6) is 0 Å². The lowest BCUT2D eigenvalue weighted by atomic mass is 10.2. The molecule has 0 saturated carbocycles. The van der Waals surface area contributed by atoms with E-state index < -0.39 is 22.1 Å². The van der Waals surface area contributed by atoms with E-state index in [0.717, 1.165) is 17.7 Å². The normalized spacial score (nSPS) is 14.6. The molecule has 1 aliphatic heterocycles. The summed E-state index contributed by atoms with van der Waals surface area (Å²) >= 11 is 0. The summed E-state index contributed by atoms with van der Waals surface area (Å²) in [6.07, 6.45) is -0.272. The molecule has 2 aromatic rings. The highest BCUT2D eigenvalue weighted by atomic mass is 32.2. The van der Waals surface area contributed by atoms with Crippen LogP contribution in [0.3, 0.4) is 0 Å². The fourth-order valence-corrected chi connectivity index (χ4v) is 4.12. The number of anilines is 1. The van der Waals surface area contributed by atoms with Crippen LogP contribution in [-0.4, -0.2) is 51.6 Å². The molecule has 0 N–H and O–H groups in total. The first-order chi connectivity index (χ1) is 13.8. The van der Waals surface area contributed by atoms with E-state index in [1.54, 1.807) is 4.90 Å². The maximum Gasteiger partial charge on any atom is 0.338 e. The molecule has 0 bridgehead atoms. The van der Waals surface area contributed by atoms with Gasteiger partial charge in [0.15, 0.2) is 6.10 Å². The Morgan fingerprint density at radius 3 is 2.59 bits per heavy atom. The van der Waals surface area contributed by atoms with E-state index >= 15 is 0 Å². The first-order valence-electron chi connectivity index (χ1n) is 8.99. The van der Waals surface area contributed by atoms with E-state index in [1.807, 2.05) is 24.3 Å². The van der Waals surface area contributed by atoms with Crippen molar-refractivity contribution in [3.8, 4) is 0 Å². The van der Waals surface area contributed by atoms with Crippen LogP contribution < -0.4 is 4.90 Å². The Morgan fingerprint density at radius 2 is 1.86 bits per heavy atom. The molecule has 3 rings (SSSR count). The number of benzene rings is 2. The van der Waals surface area contributed by atoms with Crippen molar-refractivity contribution < 1.29 is 27.6 Å². The molecule has 154 valence electrons. The number of fused-ring (bicyclic) bond motifs is 1. The fourth-order valence-electron chi connectivity index (χ4n) is 3.10. The third-order valence-corrected chi connectivity index (χ3v) is 6.42. The van der Waals surface area contributed by atoms with Crippen molar-refractivity contribution in [2.24, 2.45) is 0 Å². The van der Waals surface area contributed by atoms with Crippen LogP contribution in [0.4, 0.5) is 5.69 Å². The molecule has 2 aromatic carbocycles. The van der Waals surface area contributed by atoms with Gasteiger partial charge in [-0.25, -0.2) is 13.2 Å². The van der Waals surface area contributed by atoms with Crippen LogP contribution in [0, 0.1) is 0 Å². The van der Waals surface area contributed by atoms with Gasteiger partial charge in [0.25, 0.3) is 15.9 Å². The van der Waals surface area contributed by atoms with Crippen LogP contribution in [0.1, 0.15) is 22.8 Å². The third kappa shape index (κ3) is 4.16. The van der Waals surface area contributed by atoms with Crippen LogP contribution in [-0.2, 0) is 30.8 Å². The van der Waals surface area contributed by atoms with Gasteiger partial charge in [-0.1, -0.05) is 28.7 Å². The smallest absolute Gasteiger partial charge is 0.338 e. The Kier molecular flexibility index (Phi) is 6.02. The first-order valence-corrected chi connectivity index (χ1v) is 10.4. The molecule has 1 atom stereocenters. The topological polar surface area (TPSA) is 93.2 Å². The second-order valence-corrected chi connectivity index (χ2v) is 8.48. The van der Waals surface area contributed by atoms with Crippen molar-refractivity contribution in [1.82, 2.24) is 4.47 Å². The number of rotatable bonds is 6. The van der Waals surface area contributed by atoms with Gasteiger partial charge >= 0.3 is 5.97 Å². The lowest BCUT2D eigenvalue weighted by Crippen LogP contribution is -2.39. The van der Waals surface area contributed by atoms with E-state index in [1.165, 1.54) is 45.3 Å². The molecular formula is C20H22N2O6S. The highest BCUT2D eigenvalue weighted by Crippen LogP contribution is 2.28. The van der Waals surface area contributed by atoms with E-state index in [2.05, 4.69) is 0 Å². The van der Waals surface area contributed by atoms with Gasteiger partial charge in [0, 0.05) is 19.3 Å². The average molecular weight is 418 g/mol. The Hall–Kier alpha value is -2.75. The number of amides is 1. The molecule has 1 heterocycles. The molecular weight excluding hydrogens is 396 g/mol. The van der Waals surface area contributed by atoms with Crippen molar-refractivity contribution >= 4 is 27.6 Å². The van der Waals surface area contributed by atoms with Crippen molar-refractivity contribution in [2.75, 3.05) is 25.6 Å². The number of ether oxygens (including phenoxy) is 1. The summed E-state index contributed by atoms with van der Waals surface area (Å²) < 4.78 is 30.7. The number of nitrogens with zero attached hydrogens (tertiary/aromatic N) is 2. The molecule has 8 nitrogen and oxygen atoms in total. The molecule has 0 spiro atoms. The minimum absolute atomic E-state index is 0.0250. The third-order valence-electron chi connectivity index (χ3n) is 4.75. The summed E-state index contributed by atoms with van der Waals surface area (Å²) in [5.74, 6) is -1.11. The standard InChI is InChI=1S/C20H22N2O6S/c1-14(19(23)22-12-11-15-7-4-5-10-18(15)22)28-20(24)16-8-6-9-17(13-16)29(25,26)21(2)27-3/h4-10,13-14H,11-12H2,1-3H3. The largest absolute Gasteiger partial charge is 0.449 e. The monoisotopic (exact) mass is 418 g/mol. The van der Waals surface area contributed by atoms with Gasteiger partial charge in [0.1, 0.15) is 0 Å². The maximum atomic E-state index is 12.8. The predicted octanol–water partition coefficient (Wildman–Crippen LogP) is 2.00. The summed E-state index contributed by atoms with van der Waals surface area (Å²) in [7, 11) is -1.44. The number of hydrogen-bond acceptors (Lipinski definition) is 6. The van der Waals surface area contributed by atoms with Crippen molar-refractivity contribution in [3.63, 3.8) is 0 Å². The van der Waals surface area contributed by atoms with Gasteiger partial charge in [-0.3, -0.25) is 9.63 Å². The average Bonchev–Trinajstić information content (AvgIpc) is 3.16. The zero-order valence-electron chi connectivity index (χ0n) is 16.4. The van der Waals surface area contributed by atoms with Crippen molar-refractivity contribution in [1.29, 1.82) is 0 Å². The Bertz CT molecular complexity index is 1040. The zero-order valence-corrected chi connectivity index (χ0v) is 17.2. The molecule has 1 amide bonds. The predicted molar refractivity (Wildman–Crippen MR) is 106 cm³/mol. The molecule has 0 aliphatic carbocycles. The van der Waals surface area contributed by atoms with Crippen LogP contribution in [0.2, 0.25) is 0 Å². The van der Waals surface area contributed by atoms with Gasteiger partial charge in [-0.05, 0) is 43.2 Å². The highest BCUT2D eigenvalue weighted by Gasteiger charge is 2.30. The molecule has 1 aliphatic rings. The fraction of sp³-hybridized carbons (Fsp3) is 0.300. The summed E-state index contributed by atoms with van der Waals surface area (Å²) in [4.78, 5) is 31.5. The molecule has 0 aromatic heterocycles. The molecule has 0 saturated heterocycles. The Morgan fingerprint density at radius 1 is 1.14 bits per heavy atom. The van der Waals surface area contributed by atoms with Crippen LogP contribution in [0.15, 0.2) is 53.4 Å². The van der Waals surface area contributed by atoms with Gasteiger partial charge in [-0.15, -0.1) is 0 Å². The van der Waals surface area contributed by atoms with Crippen LogP contribution in [0.25, 0.3) is 0 Å². The SMILES string of the molecule is CON(C)S(=O)(=O)c1cccc(C(=O)OC(C)C(=O)N2CCc3ccccc32)c1. The maximum absolute atomic E-state index is 12.8. The first kappa shape index (κ1) is 21.0. The number of carbonyl (C=O) groups excluding carboxylic acids is 2. The number of para-hydroxylation sites is 1. The van der Waals surface area contributed by atoms with Crippen LogP contribution >= 0.6 is 0 Å². The molecule has 0 radical (unpaired) electrons. The number of hydrogen-bond donors (Lipinski definition) is 0. The minimum atomic E-state index is -3.91. The lowest BCUT2D eigenvalue weighted by Gasteiger charge is -2.22. The zero-order chi connectivity index (χ0) is 21.2. The van der Waals surface area contributed by atoms with E-state index in [0.29, 0.717) is 11.0 Å². The Balaban J connectivity index is 1.74. The summed E-state index contributed by atoms with van der Waals surface area (Å²) in [5.41, 5.74) is 1.91.